The van der Waals surface area contributed by atoms with Gasteiger partial charge in [-0.2, -0.15) is 12.7 Å². The van der Waals surface area contributed by atoms with Gasteiger partial charge in [-0.3, -0.25) is 4.18 Å². The van der Waals surface area contributed by atoms with Gasteiger partial charge in [0.2, 0.25) is 0 Å². The molecule has 0 radical (unpaired) electrons. The van der Waals surface area contributed by atoms with Crippen LogP contribution in [-0.4, -0.2) is 32.4 Å². The maximum atomic E-state index is 10.9. The minimum absolute atomic E-state index is 0.166. The van der Waals surface area contributed by atoms with Gasteiger partial charge in [0.15, 0.2) is 0 Å². The highest BCUT2D eigenvalue weighted by molar-refractivity contribution is 7.84. The average Bonchev–Trinajstić information content (AvgIpc) is 1.78. The smallest absolute Gasteiger partial charge is 0.255 e. The average molecular weight is 165 g/mol. The van der Waals surface area contributed by atoms with Crippen molar-refractivity contribution < 1.29 is 12.6 Å². The first-order valence-corrected chi connectivity index (χ1v) is 4.53. The lowest BCUT2D eigenvalue weighted by Gasteiger charge is -2.25. The van der Waals surface area contributed by atoms with Crippen molar-refractivity contribution in [2.24, 2.45) is 0 Å². The van der Waals surface area contributed by atoms with Gasteiger partial charge in [-0.25, -0.2) is 0 Å². The molecule has 1 rings (SSSR count). The normalized spacial score (nSPS) is 34.0. The van der Waals surface area contributed by atoms with E-state index in [0.29, 0.717) is 6.54 Å². The van der Waals surface area contributed by atoms with Crippen molar-refractivity contribution in [2.45, 2.75) is 19.4 Å². The highest BCUT2D eigenvalue weighted by atomic mass is 32.2. The molecule has 10 heavy (non-hydrogen) atoms. The van der Waals surface area contributed by atoms with E-state index in [1.807, 2.05) is 0 Å². The Hall–Kier alpha value is -0.130. The van der Waals surface area contributed by atoms with Gasteiger partial charge in [0.05, 0.1) is 6.10 Å². The standard InChI is InChI=1S/C5H11NO3S/c1-5-3-4-6(2)10(7,8)9-5/h5H,3-4H2,1-2H3. The van der Waals surface area contributed by atoms with Crippen molar-refractivity contribution in [1.82, 2.24) is 4.31 Å². The fourth-order valence-corrected chi connectivity index (χ4v) is 1.79. The van der Waals surface area contributed by atoms with E-state index in [2.05, 4.69) is 4.18 Å². The molecule has 0 spiro atoms. The van der Waals surface area contributed by atoms with Crippen molar-refractivity contribution in [2.75, 3.05) is 13.6 Å². The van der Waals surface area contributed by atoms with Crippen molar-refractivity contribution in [1.29, 1.82) is 0 Å². The molecule has 0 aliphatic carbocycles. The third-order valence-corrected chi connectivity index (χ3v) is 3.04. The molecule has 1 unspecified atom stereocenters. The monoisotopic (exact) mass is 165 g/mol. The maximum absolute atomic E-state index is 10.9. The minimum atomic E-state index is -3.38. The molecule has 0 aromatic heterocycles. The molecular weight excluding hydrogens is 154 g/mol. The Morgan fingerprint density at radius 2 is 2.20 bits per heavy atom. The van der Waals surface area contributed by atoms with Crippen LogP contribution in [0.3, 0.4) is 0 Å². The molecule has 0 aromatic carbocycles. The van der Waals surface area contributed by atoms with Crippen LogP contribution in [0.5, 0.6) is 0 Å². The predicted molar refractivity (Wildman–Crippen MR) is 36.7 cm³/mol. The lowest BCUT2D eigenvalue weighted by atomic mass is 10.3. The maximum Gasteiger partial charge on any atom is 0.338 e. The Morgan fingerprint density at radius 3 is 2.60 bits per heavy atom. The highest BCUT2D eigenvalue weighted by Crippen LogP contribution is 2.14. The molecule has 60 valence electrons. The van der Waals surface area contributed by atoms with Crippen molar-refractivity contribution in [3.63, 3.8) is 0 Å². The second kappa shape index (κ2) is 2.48. The quantitative estimate of drug-likeness (QED) is 0.506. The van der Waals surface area contributed by atoms with Crippen LogP contribution < -0.4 is 0 Å². The molecule has 4 nitrogen and oxygen atoms in total. The summed E-state index contributed by atoms with van der Waals surface area (Å²) < 4.78 is 27.7. The molecule has 1 fully saturated rings. The van der Waals surface area contributed by atoms with Crippen LogP contribution in [0.2, 0.25) is 0 Å². The molecule has 1 atom stereocenters. The first-order valence-electron chi connectivity index (χ1n) is 3.17. The van der Waals surface area contributed by atoms with E-state index < -0.39 is 10.3 Å². The summed E-state index contributed by atoms with van der Waals surface area (Å²) in [5, 5.41) is 0. The molecule has 0 aromatic rings. The Morgan fingerprint density at radius 1 is 1.60 bits per heavy atom. The number of rotatable bonds is 0. The van der Waals surface area contributed by atoms with Gasteiger partial charge in [0.1, 0.15) is 0 Å². The summed E-state index contributed by atoms with van der Waals surface area (Å²) >= 11 is 0. The Bertz CT molecular complexity index is 211. The van der Waals surface area contributed by atoms with Gasteiger partial charge in [0, 0.05) is 13.6 Å². The van der Waals surface area contributed by atoms with Crippen LogP contribution in [0.4, 0.5) is 0 Å². The van der Waals surface area contributed by atoms with Crippen LogP contribution in [0.25, 0.3) is 0 Å². The summed E-state index contributed by atoms with van der Waals surface area (Å²) in [4.78, 5) is 0. The number of nitrogens with zero attached hydrogens (tertiary/aromatic N) is 1. The summed E-state index contributed by atoms with van der Waals surface area (Å²) in [6, 6.07) is 0. The van der Waals surface area contributed by atoms with Gasteiger partial charge < -0.3 is 0 Å². The molecule has 1 aliphatic heterocycles. The van der Waals surface area contributed by atoms with Crippen LogP contribution in [-0.2, 0) is 14.5 Å². The van der Waals surface area contributed by atoms with Crippen LogP contribution >= 0.6 is 0 Å². The van der Waals surface area contributed by atoms with Crippen LogP contribution in [0.15, 0.2) is 0 Å². The zero-order valence-corrected chi connectivity index (χ0v) is 6.89. The Kier molecular flexibility index (Phi) is 1.98. The predicted octanol–water partition coefficient (Wildman–Crippen LogP) is -0.0282. The Balaban J connectivity index is 2.74. The lowest BCUT2D eigenvalue weighted by Crippen LogP contribution is -2.38. The molecule has 5 heteroatoms. The van der Waals surface area contributed by atoms with E-state index in [1.165, 1.54) is 11.4 Å². The molecule has 0 saturated carbocycles. The summed E-state index contributed by atoms with van der Waals surface area (Å²) in [6.45, 7) is 2.31. The topological polar surface area (TPSA) is 46.6 Å². The van der Waals surface area contributed by atoms with Gasteiger partial charge >= 0.3 is 10.3 Å². The van der Waals surface area contributed by atoms with Gasteiger partial charge in [0.25, 0.3) is 0 Å². The number of hydrogen-bond donors (Lipinski definition) is 0. The van der Waals surface area contributed by atoms with Crippen molar-refractivity contribution in [3.8, 4) is 0 Å². The summed E-state index contributed by atoms with van der Waals surface area (Å²) in [5.41, 5.74) is 0. The SMILES string of the molecule is CC1CCN(C)S(=O)(=O)O1. The third-order valence-electron chi connectivity index (χ3n) is 1.52. The zero-order valence-electron chi connectivity index (χ0n) is 6.07. The van der Waals surface area contributed by atoms with Gasteiger partial charge in [-0.05, 0) is 13.3 Å². The van der Waals surface area contributed by atoms with Crippen molar-refractivity contribution >= 4 is 10.3 Å². The van der Waals surface area contributed by atoms with E-state index in [4.69, 9.17) is 0 Å². The largest absolute Gasteiger partial charge is 0.338 e. The Labute approximate surface area is 61.0 Å². The first kappa shape index (κ1) is 7.97. The first-order chi connectivity index (χ1) is 4.52. The highest BCUT2D eigenvalue weighted by Gasteiger charge is 2.27. The second-order valence-corrected chi connectivity index (χ2v) is 4.15. The molecule has 0 bridgehead atoms. The number of hydrogen-bond acceptors (Lipinski definition) is 3. The summed E-state index contributed by atoms with van der Waals surface area (Å²) in [6.07, 6.45) is 0.608. The lowest BCUT2D eigenvalue weighted by molar-refractivity contribution is 0.158. The van der Waals surface area contributed by atoms with E-state index in [1.54, 1.807) is 6.92 Å². The molecule has 1 saturated heterocycles. The second-order valence-electron chi connectivity index (χ2n) is 2.47. The van der Waals surface area contributed by atoms with Crippen LogP contribution in [0.1, 0.15) is 13.3 Å². The third kappa shape index (κ3) is 1.47. The van der Waals surface area contributed by atoms with Crippen LogP contribution in [0, 0.1) is 0 Å². The van der Waals surface area contributed by atoms with Crippen molar-refractivity contribution in [3.05, 3.63) is 0 Å². The zero-order chi connectivity index (χ0) is 7.78. The van der Waals surface area contributed by atoms with E-state index in [9.17, 15) is 8.42 Å². The molecule has 0 N–H and O–H groups in total. The molecule has 0 amide bonds. The fourth-order valence-electron chi connectivity index (χ4n) is 0.805. The fraction of sp³-hybridized carbons (Fsp3) is 1.00. The molecule has 1 aliphatic rings. The summed E-state index contributed by atoms with van der Waals surface area (Å²) in [7, 11) is -1.86. The summed E-state index contributed by atoms with van der Waals surface area (Å²) in [5.74, 6) is 0. The van der Waals surface area contributed by atoms with E-state index >= 15 is 0 Å². The minimum Gasteiger partial charge on any atom is -0.255 e. The van der Waals surface area contributed by atoms with E-state index in [0.717, 1.165) is 6.42 Å². The van der Waals surface area contributed by atoms with Gasteiger partial charge in [-0.1, -0.05) is 0 Å². The molecular formula is C5H11NO3S. The van der Waals surface area contributed by atoms with Gasteiger partial charge in [-0.15, -0.1) is 0 Å². The molecule has 1 heterocycles. The van der Waals surface area contributed by atoms with E-state index in [-0.39, 0.29) is 6.10 Å².